The van der Waals surface area contributed by atoms with E-state index in [2.05, 4.69) is 21.0 Å². The van der Waals surface area contributed by atoms with Crippen molar-refractivity contribution in [2.75, 3.05) is 19.3 Å². The lowest BCUT2D eigenvalue weighted by atomic mass is 9.79. The van der Waals surface area contributed by atoms with Gasteiger partial charge in [-0.15, -0.1) is 0 Å². The number of aryl methyl sites for hydroxylation is 1. The van der Waals surface area contributed by atoms with Crippen LogP contribution in [0.4, 0.5) is 0 Å². The fourth-order valence-electron chi connectivity index (χ4n) is 6.95. The molecule has 178 valence electrons. The Balaban J connectivity index is 1.08. The first-order valence-corrected chi connectivity index (χ1v) is 14.7. The minimum Gasteiger partial charge on any atom is -0.334 e. The summed E-state index contributed by atoms with van der Waals surface area (Å²) in [5.74, 6) is 2.75. The number of hydrogen-bond acceptors (Lipinski definition) is 5. The molecule has 0 radical (unpaired) electrons. The van der Waals surface area contributed by atoms with Crippen LogP contribution >= 0.6 is 0 Å². The predicted octanol–water partition coefficient (Wildman–Crippen LogP) is 3.51. The number of nitrogens with zero attached hydrogens (tertiary/aromatic N) is 3. The van der Waals surface area contributed by atoms with Gasteiger partial charge in [0.05, 0.1) is 10.6 Å². The third-order valence-corrected chi connectivity index (χ3v) is 9.94. The number of nitrogens with one attached hydrogen (secondary N) is 1. The molecule has 2 bridgehead atoms. The van der Waals surface area contributed by atoms with Crippen LogP contribution in [0, 0.1) is 11.8 Å². The average Bonchev–Trinajstić information content (AvgIpc) is 3.40. The summed E-state index contributed by atoms with van der Waals surface area (Å²) in [5.41, 5.74) is 1.95. The maximum Gasteiger partial charge on any atom is 0.175 e. The zero-order chi connectivity index (χ0) is 22.6. The smallest absolute Gasteiger partial charge is 0.175 e. The van der Waals surface area contributed by atoms with E-state index in [1.165, 1.54) is 70.1 Å². The fraction of sp³-hybridized carbons (Fsp3) is 0.654. The molecule has 3 atom stereocenters. The second-order valence-electron chi connectivity index (χ2n) is 10.9. The Bertz CT molecular complexity index is 1090. The lowest BCUT2D eigenvalue weighted by Gasteiger charge is -2.43. The van der Waals surface area contributed by atoms with Gasteiger partial charge in [-0.1, -0.05) is 12.1 Å². The zero-order valence-corrected chi connectivity index (χ0v) is 20.4. The summed E-state index contributed by atoms with van der Waals surface area (Å²) in [6.07, 6.45) is 13.9. The van der Waals surface area contributed by atoms with Crippen LogP contribution in [0.1, 0.15) is 50.8 Å². The first-order valence-electron chi connectivity index (χ1n) is 12.8. The SMILES string of the molecule is CS(=O)(=O)c1ccc(-c2cn3c(n2)CC[C@@H](C2CCN(C4CC5CCC(C4)N5)CC2)C3)cc1. The lowest BCUT2D eigenvalue weighted by Crippen LogP contribution is -2.51. The highest BCUT2D eigenvalue weighted by Crippen LogP contribution is 2.37. The molecule has 0 saturated carbocycles. The fourth-order valence-corrected chi connectivity index (χ4v) is 7.58. The molecular formula is C26H36N4O2S. The predicted molar refractivity (Wildman–Crippen MR) is 130 cm³/mol. The second kappa shape index (κ2) is 8.51. The zero-order valence-electron chi connectivity index (χ0n) is 19.6. The molecule has 3 fully saturated rings. The highest BCUT2D eigenvalue weighted by Gasteiger charge is 2.38. The monoisotopic (exact) mass is 468 g/mol. The first-order chi connectivity index (χ1) is 15.9. The van der Waals surface area contributed by atoms with Gasteiger partial charge >= 0.3 is 0 Å². The van der Waals surface area contributed by atoms with Gasteiger partial charge in [-0.3, -0.25) is 0 Å². The van der Waals surface area contributed by atoms with Crippen molar-refractivity contribution in [3.8, 4) is 11.3 Å². The largest absolute Gasteiger partial charge is 0.334 e. The quantitative estimate of drug-likeness (QED) is 0.744. The number of rotatable bonds is 4. The Labute approximate surface area is 197 Å². The minimum atomic E-state index is -3.17. The normalized spacial score (nSPS) is 30.9. The number of imidazole rings is 1. The third kappa shape index (κ3) is 4.40. The highest BCUT2D eigenvalue weighted by atomic mass is 32.2. The van der Waals surface area contributed by atoms with E-state index in [1.54, 1.807) is 12.1 Å². The third-order valence-electron chi connectivity index (χ3n) is 8.81. The van der Waals surface area contributed by atoms with Gasteiger partial charge < -0.3 is 14.8 Å². The van der Waals surface area contributed by atoms with Crippen molar-refractivity contribution in [2.45, 2.75) is 80.9 Å². The van der Waals surface area contributed by atoms with Crippen LogP contribution in [0.15, 0.2) is 35.4 Å². The van der Waals surface area contributed by atoms with Crippen molar-refractivity contribution in [3.05, 3.63) is 36.3 Å². The van der Waals surface area contributed by atoms with Crippen molar-refractivity contribution >= 4 is 9.84 Å². The van der Waals surface area contributed by atoms with E-state index in [0.717, 1.165) is 54.2 Å². The topological polar surface area (TPSA) is 67.2 Å². The molecule has 3 saturated heterocycles. The van der Waals surface area contributed by atoms with Crippen LogP contribution in [0.2, 0.25) is 0 Å². The van der Waals surface area contributed by atoms with Crippen LogP contribution in [0.25, 0.3) is 11.3 Å². The molecule has 7 heteroatoms. The van der Waals surface area contributed by atoms with Crippen LogP contribution in [0.5, 0.6) is 0 Å². The first kappa shape index (κ1) is 21.8. The molecule has 6 rings (SSSR count). The molecule has 1 aromatic heterocycles. The molecule has 2 aromatic rings. The number of benzene rings is 1. The number of piperidine rings is 2. The molecular weight excluding hydrogens is 432 g/mol. The molecule has 0 spiro atoms. The van der Waals surface area contributed by atoms with Crippen molar-refractivity contribution in [1.29, 1.82) is 0 Å². The van der Waals surface area contributed by atoms with Gasteiger partial charge in [-0.25, -0.2) is 13.4 Å². The van der Waals surface area contributed by atoms with E-state index in [9.17, 15) is 8.42 Å². The molecule has 5 heterocycles. The van der Waals surface area contributed by atoms with E-state index in [4.69, 9.17) is 4.98 Å². The average molecular weight is 469 g/mol. The van der Waals surface area contributed by atoms with Crippen molar-refractivity contribution in [1.82, 2.24) is 19.8 Å². The molecule has 6 nitrogen and oxygen atoms in total. The Kier molecular flexibility index (Phi) is 5.62. The Morgan fingerprint density at radius 3 is 2.30 bits per heavy atom. The summed E-state index contributed by atoms with van der Waals surface area (Å²) < 4.78 is 25.9. The molecule has 0 amide bonds. The van der Waals surface area contributed by atoms with Crippen molar-refractivity contribution in [3.63, 3.8) is 0 Å². The van der Waals surface area contributed by atoms with Crippen LogP contribution < -0.4 is 5.32 Å². The van der Waals surface area contributed by atoms with Gasteiger partial charge in [0.2, 0.25) is 0 Å². The minimum absolute atomic E-state index is 0.360. The van der Waals surface area contributed by atoms with Crippen LogP contribution in [-0.4, -0.2) is 60.3 Å². The molecule has 1 N–H and O–H groups in total. The van der Waals surface area contributed by atoms with E-state index in [0.29, 0.717) is 4.90 Å². The molecule has 1 aromatic carbocycles. The number of aromatic nitrogens is 2. The summed E-state index contributed by atoms with van der Waals surface area (Å²) in [4.78, 5) is 8.06. The van der Waals surface area contributed by atoms with Gasteiger partial charge in [-0.2, -0.15) is 0 Å². The molecule has 4 aliphatic heterocycles. The number of likely N-dealkylation sites (tertiary alicyclic amines) is 1. The summed E-state index contributed by atoms with van der Waals surface area (Å²) >= 11 is 0. The standard InChI is InChI=1S/C26H36N4O2S/c1-33(31,32)24-7-2-19(3-8-24)25-17-30-16-20(4-9-26(30)28-25)18-10-12-29(13-11-18)23-14-21-5-6-22(15-23)27-21/h2-3,7-8,17-18,20-23,27H,4-6,9-16H2,1H3/t20-,21?,22?,23?/m1/s1. The van der Waals surface area contributed by atoms with Gasteiger partial charge in [0.1, 0.15) is 5.82 Å². The second-order valence-corrected chi connectivity index (χ2v) is 12.9. The molecule has 0 aliphatic carbocycles. The van der Waals surface area contributed by atoms with Crippen molar-refractivity contribution < 1.29 is 8.42 Å². The molecule has 2 unspecified atom stereocenters. The maximum absolute atomic E-state index is 11.7. The van der Waals surface area contributed by atoms with Gasteiger partial charge in [-0.05, 0) is 82.0 Å². The lowest BCUT2D eigenvalue weighted by molar-refractivity contribution is 0.0725. The summed E-state index contributed by atoms with van der Waals surface area (Å²) in [6.45, 7) is 3.63. The van der Waals surface area contributed by atoms with E-state index in [-0.39, 0.29) is 0 Å². The molecule has 4 aliphatic rings. The number of sulfone groups is 1. The van der Waals surface area contributed by atoms with Gasteiger partial charge in [0.25, 0.3) is 0 Å². The number of fused-ring (bicyclic) bond motifs is 3. The van der Waals surface area contributed by atoms with E-state index >= 15 is 0 Å². The van der Waals surface area contributed by atoms with Gasteiger partial charge in [0.15, 0.2) is 9.84 Å². The highest BCUT2D eigenvalue weighted by molar-refractivity contribution is 7.90. The summed E-state index contributed by atoms with van der Waals surface area (Å²) in [6, 6.07) is 9.51. The molecule has 33 heavy (non-hydrogen) atoms. The maximum atomic E-state index is 11.7. The Morgan fingerprint density at radius 1 is 0.939 bits per heavy atom. The Morgan fingerprint density at radius 2 is 1.64 bits per heavy atom. The van der Waals surface area contributed by atoms with Crippen LogP contribution in [-0.2, 0) is 22.8 Å². The van der Waals surface area contributed by atoms with Crippen LogP contribution in [0.3, 0.4) is 0 Å². The van der Waals surface area contributed by atoms with Crippen molar-refractivity contribution in [2.24, 2.45) is 11.8 Å². The van der Waals surface area contributed by atoms with E-state index in [1.807, 2.05) is 12.1 Å². The summed E-state index contributed by atoms with van der Waals surface area (Å²) in [7, 11) is -3.17. The van der Waals surface area contributed by atoms with Gasteiger partial charge in [0, 0.05) is 49.1 Å². The summed E-state index contributed by atoms with van der Waals surface area (Å²) in [5, 5.41) is 3.79. The number of hydrogen-bond donors (Lipinski definition) is 1. The van der Waals surface area contributed by atoms with E-state index < -0.39 is 9.84 Å². The Hall–Kier alpha value is -1.70.